The molecule has 1 atom stereocenters. The van der Waals surface area contributed by atoms with Crippen LogP contribution in [0.15, 0.2) is 30.3 Å². The molecule has 8 bridgehead atoms. The van der Waals surface area contributed by atoms with Crippen LogP contribution in [0.2, 0.25) is 0 Å². The number of H-pyrrole nitrogens is 2. The highest BCUT2D eigenvalue weighted by atomic mass is 19.2. The maximum absolute atomic E-state index is 16.5. The summed E-state index contributed by atoms with van der Waals surface area (Å²) >= 11 is 0. The number of hydrogen-bond donors (Lipinski definition) is 2. The minimum absolute atomic E-state index is 0.0600. The molecule has 9 rings (SSSR count). The van der Waals surface area contributed by atoms with Crippen molar-refractivity contribution in [2.24, 2.45) is 0 Å². The lowest BCUT2D eigenvalue weighted by Crippen LogP contribution is -2.14. The van der Waals surface area contributed by atoms with E-state index in [0.29, 0.717) is 6.07 Å². The average Bonchev–Trinajstić information content (AvgIpc) is 4.13. The number of aromatic nitrogens is 4. The third-order valence-corrected chi connectivity index (χ3v) is 10.8. The van der Waals surface area contributed by atoms with Gasteiger partial charge < -0.3 is 9.97 Å². The lowest BCUT2D eigenvalue weighted by Gasteiger charge is -2.19. The maximum Gasteiger partial charge on any atom is 0.200 e. The molecule has 2 aliphatic rings. The summed E-state index contributed by atoms with van der Waals surface area (Å²) in [5.41, 5.74) is -21.6. The topological polar surface area (TPSA) is 57.4 Å². The first-order chi connectivity index (χ1) is 32.0. The SMILES string of the molecule is Fc1c(F)c(F)c(-c2c(-c3c(F)c(F)c(F)c(F)c3F)c3[nH]c2cc2nc(cc4ccc(cc5nc(c3-c3c(F)c(F)c(F)c(F)c3F)C(c3c(F)c(F)c(F)c(F)c3F)C5)[nH]4)C=C2)c(F)c1F. The first-order valence-electron chi connectivity index (χ1n) is 18.6. The fourth-order valence-electron chi connectivity index (χ4n) is 7.89. The molecular formula is C44H12F20N4. The third-order valence-electron chi connectivity index (χ3n) is 10.8. The molecule has 3 aromatic heterocycles. The van der Waals surface area contributed by atoms with Crippen molar-refractivity contribution in [2.75, 3.05) is 0 Å². The van der Waals surface area contributed by atoms with Gasteiger partial charge in [-0.25, -0.2) is 92.8 Å². The Morgan fingerprint density at radius 2 is 0.721 bits per heavy atom. The molecule has 4 nitrogen and oxygen atoms in total. The van der Waals surface area contributed by atoms with Crippen molar-refractivity contribution in [1.29, 1.82) is 0 Å². The van der Waals surface area contributed by atoms with Crippen molar-refractivity contribution in [2.45, 2.75) is 12.3 Å². The van der Waals surface area contributed by atoms with E-state index in [1.165, 1.54) is 24.3 Å². The van der Waals surface area contributed by atoms with Crippen molar-refractivity contribution >= 4 is 34.2 Å². The maximum atomic E-state index is 16.5. The van der Waals surface area contributed by atoms with E-state index in [1.54, 1.807) is 0 Å². The van der Waals surface area contributed by atoms with E-state index < -0.39 is 196 Å². The van der Waals surface area contributed by atoms with E-state index >= 15 is 70.2 Å². The van der Waals surface area contributed by atoms with Crippen LogP contribution in [0.4, 0.5) is 87.8 Å². The molecule has 1 unspecified atom stereocenters. The molecule has 7 aromatic rings. The van der Waals surface area contributed by atoms with Gasteiger partial charge in [0, 0.05) is 56.8 Å². The van der Waals surface area contributed by atoms with Crippen LogP contribution in [0, 0.1) is 116 Å². The highest BCUT2D eigenvalue weighted by Crippen LogP contribution is 2.51. The monoisotopic (exact) mass is 976 g/mol. The van der Waals surface area contributed by atoms with Crippen LogP contribution in [-0.4, -0.2) is 19.9 Å². The Morgan fingerprint density at radius 1 is 0.353 bits per heavy atom. The summed E-state index contributed by atoms with van der Waals surface area (Å²) in [4.78, 5) is 12.8. The van der Waals surface area contributed by atoms with Crippen molar-refractivity contribution in [3.05, 3.63) is 175 Å². The zero-order chi connectivity index (χ0) is 49.3. The molecule has 0 spiro atoms. The molecule has 2 aliphatic heterocycles. The predicted octanol–water partition coefficient (Wildman–Crippen LogP) is 13.6. The minimum atomic E-state index is -3.04. The van der Waals surface area contributed by atoms with Gasteiger partial charge in [0.05, 0.1) is 39.3 Å². The van der Waals surface area contributed by atoms with Crippen LogP contribution in [0.3, 0.4) is 0 Å². The second-order valence-electron chi connectivity index (χ2n) is 14.7. The highest BCUT2D eigenvalue weighted by Gasteiger charge is 2.41. The van der Waals surface area contributed by atoms with Gasteiger partial charge in [-0.3, -0.25) is 4.98 Å². The lowest BCUT2D eigenvalue weighted by atomic mass is 9.85. The fourth-order valence-corrected chi connectivity index (χ4v) is 7.89. The molecule has 0 radical (unpaired) electrons. The number of hydrogen-bond acceptors (Lipinski definition) is 2. The summed E-state index contributed by atoms with van der Waals surface area (Å²) in [5.74, 6) is -61.1. The molecule has 0 fully saturated rings. The van der Waals surface area contributed by atoms with Crippen molar-refractivity contribution in [3.63, 3.8) is 0 Å². The summed E-state index contributed by atoms with van der Waals surface area (Å²) in [6, 6.07) is 5.26. The molecule has 5 heterocycles. The summed E-state index contributed by atoms with van der Waals surface area (Å²) in [6.45, 7) is 0. The number of fused-ring (bicyclic) bond motifs is 8. The average molecular weight is 977 g/mol. The largest absolute Gasteiger partial charge is 0.355 e. The smallest absolute Gasteiger partial charge is 0.200 e. The Morgan fingerprint density at radius 3 is 1.18 bits per heavy atom. The molecule has 0 saturated heterocycles. The van der Waals surface area contributed by atoms with Gasteiger partial charge in [-0.15, -0.1) is 0 Å². The van der Waals surface area contributed by atoms with Crippen LogP contribution in [0.25, 0.3) is 67.6 Å². The number of benzene rings is 4. The van der Waals surface area contributed by atoms with E-state index in [0.717, 1.165) is 12.1 Å². The molecule has 2 N–H and O–H groups in total. The van der Waals surface area contributed by atoms with Gasteiger partial charge >= 0.3 is 0 Å². The lowest BCUT2D eigenvalue weighted by molar-refractivity contribution is 0.367. The van der Waals surface area contributed by atoms with Gasteiger partial charge in [0.1, 0.15) is 0 Å². The van der Waals surface area contributed by atoms with E-state index in [1.807, 2.05) is 4.98 Å². The van der Waals surface area contributed by atoms with Crippen molar-refractivity contribution in [1.82, 2.24) is 19.9 Å². The predicted molar refractivity (Wildman–Crippen MR) is 197 cm³/mol. The number of halogens is 20. The summed E-state index contributed by atoms with van der Waals surface area (Å²) in [6.07, 6.45) is 0.959. The Kier molecular flexibility index (Phi) is 10.7. The molecule has 24 heteroatoms. The van der Waals surface area contributed by atoms with E-state index in [-0.39, 0.29) is 16.7 Å². The van der Waals surface area contributed by atoms with E-state index in [2.05, 4.69) is 15.0 Å². The van der Waals surface area contributed by atoms with Crippen LogP contribution in [0.5, 0.6) is 0 Å². The van der Waals surface area contributed by atoms with Gasteiger partial charge in [0.25, 0.3) is 0 Å². The third kappa shape index (κ3) is 6.61. The fraction of sp³-hybridized carbons (Fsp3) is 0.0455. The van der Waals surface area contributed by atoms with Crippen LogP contribution in [0.1, 0.15) is 34.3 Å². The van der Waals surface area contributed by atoms with Gasteiger partial charge in [-0.05, 0) is 42.5 Å². The minimum Gasteiger partial charge on any atom is -0.355 e. The summed E-state index contributed by atoms with van der Waals surface area (Å²) in [7, 11) is 0. The van der Waals surface area contributed by atoms with Crippen LogP contribution in [-0.2, 0) is 6.42 Å². The second-order valence-corrected chi connectivity index (χ2v) is 14.7. The molecule has 0 aliphatic carbocycles. The molecular weight excluding hydrogens is 964 g/mol. The van der Waals surface area contributed by atoms with E-state index in [4.69, 9.17) is 0 Å². The number of aromatic amines is 2. The Hall–Kier alpha value is -7.66. The van der Waals surface area contributed by atoms with E-state index in [9.17, 15) is 17.6 Å². The van der Waals surface area contributed by atoms with Crippen LogP contribution >= 0.6 is 0 Å². The molecule has 0 amide bonds. The van der Waals surface area contributed by atoms with Crippen molar-refractivity contribution in [3.8, 4) is 33.4 Å². The Bertz CT molecular complexity index is 3520. The number of rotatable bonds is 4. The van der Waals surface area contributed by atoms with Crippen molar-refractivity contribution < 1.29 is 87.8 Å². The molecule has 68 heavy (non-hydrogen) atoms. The summed E-state index contributed by atoms with van der Waals surface area (Å²) < 4.78 is 310. The summed E-state index contributed by atoms with van der Waals surface area (Å²) in [5, 5.41) is 0. The standard InChI is InChI=1S/C44H12F20N4/c45-23-16(24(46)32(54)39(61)31(23)53)14-7-13-6-11-2-1-9(65-11)5-10-3-4-12(66-10)8-15-17(19-25(47)33(55)40(62)34(56)26(19)48)18(20-27(49)35(57)41(63)36(58)28(20)50)44(68-15)22(43(14)67-13)21-29(51)37(59)42(64)38(60)30(21)52/h1-6,8,14,65,68H,7H2. The van der Waals surface area contributed by atoms with Crippen LogP contribution < -0.4 is 0 Å². The number of nitrogens with zero attached hydrogens (tertiary/aromatic N) is 2. The zero-order valence-corrected chi connectivity index (χ0v) is 32.3. The second kappa shape index (κ2) is 16.0. The molecule has 4 aromatic carbocycles. The van der Waals surface area contributed by atoms with Gasteiger partial charge in [0.15, 0.2) is 93.1 Å². The Balaban J connectivity index is 1.69. The first-order valence-corrected chi connectivity index (χ1v) is 18.6. The quantitative estimate of drug-likeness (QED) is 0.105. The molecule has 348 valence electrons. The number of nitrogens with one attached hydrogen (secondary N) is 2. The Labute approximate surface area is 362 Å². The van der Waals surface area contributed by atoms with Gasteiger partial charge in [-0.2, -0.15) is 0 Å². The molecule has 0 saturated carbocycles. The normalized spacial score (nSPS) is 13.6. The zero-order valence-electron chi connectivity index (χ0n) is 32.3. The van der Waals surface area contributed by atoms with Gasteiger partial charge in [-0.1, -0.05) is 0 Å². The van der Waals surface area contributed by atoms with Gasteiger partial charge in [0.2, 0.25) is 23.3 Å². The first kappa shape index (κ1) is 45.5. The highest BCUT2D eigenvalue weighted by molar-refractivity contribution is 6.08.